The number of likely N-dealkylation sites (tertiary alicyclic amines) is 1. The van der Waals surface area contributed by atoms with Gasteiger partial charge in [0.05, 0.1) is 0 Å². The summed E-state index contributed by atoms with van der Waals surface area (Å²) >= 11 is 6.01. The van der Waals surface area contributed by atoms with Crippen molar-refractivity contribution in [2.24, 2.45) is 0 Å². The van der Waals surface area contributed by atoms with Crippen molar-refractivity contribution < 1.29 is 0 Å². The zero-order chi connectivity index (χ0) is 12.8. The molecule has 0 amide bonds. The largest absolute Gasteiger partial charge is 0.313 e. The second-order valence-corrected chi connectivity index (χ2v) is 5.57. The molecule has 1 aliphatic heterocycles. The van der Waals surface area contributed by atoms with E-state index in [-0.39, 0.29) is 0 Å². The standard InChI is InChI=1S/C15H23ClN2/c1-13-11-14(5-6-15(13)16)12-17-7-4-10-18-8-2-3-9-18/h5-6,11,17H,2-4,7-10,12H2,1H3. The van der Waals surface area contributed by atoms with E-state index in [4.69, 9.17) is 11.6 Å². The minimum Gasteiger partial charge on any atom is -0.313 e. The van der Waals surface area contributed by atoms with Gasteiger partial charge >= 0.3 is 0 Å². The third-order valence-corrected chi connectivity index (χ3v) is 4.00. The molecule has 1 N–H and O–H groups in total. The van der Waals surface area contributed by atoms with Crippen molar-refractivity contribution in [1.29, 1.82) is 0 Å². The Labute approximate surface area is 115 Å². The van der Waals surface area contributed by atoms with Gasteiger partial charge in [-0.15, -0.1) is 0 Å². The van der Waals surface area contributed by atoms with Crippen LogP contribution >= 0.6 is 11.6 Å². The second kappa shape index (κ2) is 7.13. The lowest BCUT2D eigenvalue weighted by atomic mass is 10.1. The zero-order valence-corrected chi connectivity index (χ0v) is 12.0. The fraction of sp³-hybridized carbons (Fsp3) is 0.600. The van der Waals surface area contributed by atoms with E-state index in [1.54, 1.807) is 0 Å². The van der Waals surface area contributed by atoms with Gasteiger partial charge in [0, 0.05) is 11.6 Å². The van der Waals surface area contributed by atoms with Gasteiger partial charge in [-0.1, -0.05) is 23.7 Å². The Kier molecular flexibility index (Phi) is 5.48. The van der Waals surface area contributed by atoms with Crippen molar-refractivity contribution in [3.05, 3.63) is 34.3 Å². The SMILES string of the molecule is Cc1cc(CNCCCN2CCCC2)ccc1Cl. The summed E-state index contributed by atoms with van der Waals surface area (Å²) < 4.78 is 0. The first-order valence-corrected chi connectivity index (χ1v) is 7.31. The van der Waals surface area contributed by atoms with Gasteiger partial charge in [-0.25, -0.2) is 0 Å². The summed E-state index contributed by atoms with van der Waals surface area (Å²) in [4.78, 5) is 2.56. The van der Waals surface area contributed by atoms with E-state index < -0.39 is 0 Å². The van der Waals surface area contributed by atoms with Crippen LogP contribution in [0.1, 0.15) is 30.4 Å². The smallest absolute Gasteiger partial charge is 0.0435 e. The minimum absolute atomic E-state index is 0.854. The van der Waals surface area contributed by atoms with Gasteiger partial charge in [-0.3, -0.25) is 0 Å². The third-order valence-electron chi connectivity index (χ3n) is 3.58. The molecule has 1 saturated heterocycles. The molecule has 0 aliphatic carbocycles. The molecule has 0 radical (unpaired) electrons. The maximum atomic E-state index is 6.01. The molecule has 18 heavy (non-hydrogen) atoms. The van der Waals surface area contributed by atoms with Crippen molar-refractivity contribution in [2.75, 3.05) is 26.2 Å². The van der Waals surface area contributed by atoms with E-state index in [0.29, 0.717) is 0 Å². The van der Waals surface area contributed by atoms with Crippen molar-refractivity contribution >= 4 is 11.6 Å². The van der Waals surface area contributed by atoms with Gasteiger partial charge in [0.15, 0.2) is 0 Å². The molecule has 1 aromatic carbocycles. The normalized spacial score (nSPS) is 16.3. The summed E-state index contributed by atoms with van der Waals surface area (Å²) in [5, 5.41) is 4.36. The molecule has 0 saturated carbocycles. The van der Waals surface area contributed by atoms with Gasteiger partial charge < -0.3 is 10.2 Å². The fourth-order valence-electron chi connectivity index (χ4n) is 2.48. The Bertz CT molecular complexity index is 373. The Morgan fingerprint density at radius 2 is 2.06 bits per heavy atom. The molecule has 1 aliphatic rings. The van der Waals surface area contributed by atoms with Crippen LogP contribution in [0.2, 0.25) is 5.02 Å². The molecule has 100 valence electrons. The maximum Gasteiger partial charge on any atom is 0.0435 e. The van der Waals surface area contributed by atoms with Crippen LogP contribution in [-0.4, -0.2) is 31.1 Å². The van der Waals surface area contributed by atoms with E-state index in [2.05, 4.69) is 29.3 Å². The molecule has 0 bridgehead atoms. The number of hydrogen-bond acceptors (Lipinski definition) is 2. The number of halogens is 1. The van der Waals surface area contributed by atoms with Crippen molar-refractivity contribution in [1.82, 2.24) is 10.2 Å². The third kappa shape index (κ3) is 4.27. The van der Waals surface area contributed by atoms with Crippen molar-refractivity contribution in [3.8, 4) is 0 Å². The predicted molar refractivity (Wildman–Crippen MR) is 78.2 cm³/mol. The predicted octanol–water partition coefficient (Wildman–Crippen LogP) is 3.22. The molecule has 2 nitrogen and oxygen atoms in total. The molecule has 1 aromatic rings. The van der Waals surface area contributed by atoms with E-state index in [9.17, 15) is 0 Å². The highest BCUT2D eigenvalue weighted by atomic mass is 35.5. The van der Waals surface area contributed by atoms with E-state index in [1.165, 1.54) is 44.5 Å². The van der Waals surface area contributed by atoms with Crippen LogP contribution in [-0.2, 0) is 6.54 Å². The summed E-state index contributed by atoms with van der Waals surface area (Å²) in [6.45, 7) is 7.94. The molecule has 1 fully saturated rings. The molecule has 3 heteroatoms. The lowest BCUT2D eigenvalue weighted by Gasteiger charge is -2.14. The lowest BCUT2D eigenvalue weighted by Crippen LogP contribution is -2.24. The van der Waals surface area contributed by atoms with Crippen LogP contribution in [0.25, 0.3) is 0 Å². The average molecular weight is 267 g/mol. The van der Waals surface area contributed by atoms with Crippen LogP contribution in [0.5, 0.6) is 0 Å². The Morgan fingerprint density at radius 3 is 2.78 bits per heavy atom. The molecular weight excluding hydrogens is 244 g/mol. The number of benzene rings is 1. The molecule has 0 aromatic heterocycles. The average Bonchev–Trinajstić information content (AvgIpc) is 2.86. The summed E-state index contributed by atoms with van der Waals surface area (Å²) in [6, 6.07) is 6.25. The van der Waals surface area contributed by atoms with E-state index in [1.807, 2.05) is 6.07 Å². The highest BCUT2D eigenvalue weighted by Gasteiger charge is 2.09. The van der Waals surface area contributed by atoms with Crippen LogP contribution in [0.15, 0.2) is 18.2 Å². The molecule has 1 heterocycles. The van der Waals surface area contributed by atoms with E-state index in [0.717, 1.165) is 23.7 Å². The van der Waals surface area contributed by atoms with Crippen molar-refractivity contribution in [3.63, 3.8) is 0 Å². The van der Waals surface area contributed by atoms with Gasteiger partial charge in [0.25, 0.3) is 0 Å². The quantitative estimate of drug-likeness (QED) is 0.796. The van der Waals surface area contributed by atoms with Gasteiger partial charge in [0.2, 0.25) is 0 Å². The molecule has 0 atom stereocenters. The maximum absolute atomic E-state index is 6.01. The highest BCUT2D eigenvalue weighted by Crippen LogP contribution is 2.16. The van der Waals surface area contributed by atoms with Crippen molar-refractivity contribution in [2.45, 2.75) is 32.7 Å². The first-order valence-electron chi connectivity index (χ1n) is 6.94. The summed E-state index contributed by atoms with van der Waals surface area (Å²) in [6.07, 6.45) is 4.02. The van der Waals surface area contributed by atoms with Gasteiger partial charge in [-0.05, 0) is 69.6 Å². The number of hydrogen-bond donors (Lipinski definition) is 1. The van der Waals surface area contributed by atoms with Gasteiger partial charge in [0.1, 0.15) is 0 Å². The first-order chi connectivity index (χ1) is 8.75. The zero-order valence-electron chi connectivity index (χ0n) is 11.2. The highest BCUT2D eigenvalue weighted by molar-refractivity contribution is 6.31. The number of nitrogens with one attached hydrogen (secondary N) is 1. The summed E-state index contributed by atoms with van der Waals surface area (Å²) in [5.41, 5.74) is 2.48. The second-order valence-electron chi connectivity index (χ2n) is 5.16. The van der Waals surface area contributed by atoms with Gasteiger partial charge in [-0.2, -0.15) is 0 Å². The molecule has 0 unspecified atom stereocenters. The van der Waals surface area contributed by atoms with Crippen LogP contribution < -0.4 is 5.32 Å². The summed E-state index contributed by atoms with van der Waals surface area (Å²) in [5.74, 6) is 0. The topological polar surface area (TPSA) is 15.3 Å². The minimum atomic E-state index is 0.854. The summed E-state index contributed by atoms with van der Waals surface area (Å²) in [7, 11) is 0. The lowest BCUT2D eigenvalue weighted by molar-refractivity contribution is 0.331. The van der Waals surface area contributed by atoms with Crippen LogP contribution in [0, 0.1) is 6.92 Å². The molecule has 2 rings (SSSR count). The number of rotatable bonds is 6. The first kappa shape index (κ1) is 13.9. The fourth-order valence-corrected chi connectivity index (χ4v) is 2.60. The Morgan fingerprint density at radius 1 is 1.28 bits per heavy atom. The van der Waals surface area contributed by atoms with E-state index >= 15 is 0 Å². The molecule has 0 spiro atoms. The Balaban J connectivity index is 1.61. The van der Waals surface area contributed by atoms with Crippen LogP contribution in [0.4, 0.5) is 0 Å². The monoisotopic (exact) mass is 266 g/mol. The molecular formula is C15H23ClN2. The number of aryl methyl sites for hydroxylation is 1. The van der Waals surface area contributed by atoms with Crippen LogP contribution in [0.3, 0.4) is 0 Å². The Hall–Kier alpha value is -0.570. The number of nitrogens with zero attached hydrogens (tertiary/aromatic N) is 1.